The Hall–Kier alpha value is -4.58. The molecule has 0 bridgehead atoms. The van der Waals surface area contributed by atoms with E-state index >= 15 is 0 Å². The van der Waals surface area contributed by atoms with E-state index in [9.17, 15) is 19.8 Å². The van der Waals surface area contributed by atoms with E-state index < -0.39 is 0 Å². The van der Waals surface area contributed by atoms with Gasteiger partial charge in [0.05, 0.1) is 11.4 Å². The number of hydrogen-bond acceptors (Lipinski definition) is 4. The van der Waals surface area contributed by atoms with Crippen LogP contribution in [-0.4, -0.2) is 22.0 Å². The Balaban J connectivity index is 1.50. The lowest BCUT2D eigenvalue weighted by Gasteiger charge is -2.12. The standard InChI is InChI=1S/C28H24N2O4/c1-17-5-3-7-21(13-17)27(33)29-23-11-9-19(15-25(23)31)20-10-12-24(26(32)16-20)30-28(34)22-8-4-6-18(2)14-22/h3-16,31-32H,1-2H3,(H,29,33)(H,30,34). The van der Waals surface area contributed by atoms with E-state index in [4.69, 9.17) is 0 Å². The van der Waals surface area contributed by atoms with Gasteiger partial charge in [-0.3, -0.25) is 9.59 Å². The Morgan fingerprint density at radius 3 is 1.35 bits per heavy atom. The summed E-state index contributed by atoms with van der Waals surface area (Å²) in [6.07, 6.45) is 0. The molecular formula is C28H24N2O4. The summed E-state index contributed by atoms with van der Waals surface area (Å²) in [7, 11) is 0. The van der Waals surface area contributed by atoms with Crippen molar-refractivity contribution < 1.29 is 19.8 Å². The molecule has 2 amide bonds. The number of hydrogen-bond donors (Lipinski definition) is 4. The summed E-state index contributed by atoms with van der Waals surface area (Å²) in [5, 5.41) is 26.3. The van der Waals surface area contributed by atoms with Crippen molar-refractivity contribution in [3.8, 4) is 22.6 Å². The van der Waals surface area contributed by atoms with Gasteiger partial charge >= 0.3 is 0 Å². The van der Waals surface area contributed by atoms with Gasteiger partial charge in [0.15, 0.2) is 0 Å². The molecule has 0 aliphatic rings. The van der Waals surface area contributed by atoms with Gasteiger partial charge in [-0.2, -0.15) is 0 Å². The summed E-state index contributed by atoms with van der Waals surface area (Å²) in [4.78, 5) is 24.9. The zero-order chi connectivity index (χ0) is 24.2. The molecule has 4 rings (SSSR count). The van der Waals surface area contributed by atoms with Crippen molar-refractivity contribution in [2.45, 2.75) is 13.8 Å². The average Bonchev–Trinajstić information content (AvgIpc) is 2.81. The van der Waals surface area contributed by atoms with Crippen molar-refractivity contribution in [2.75, 3.05) is 10.6 Å². The molecule has 4 aromatic carbocycles. The van der Waals surface area contributed by atoms with E-state index in [1.807, 2.05) is 26.0 Å². The fraction of sp³-hybridized carbons (Fsp3) is 0.0714. The maximum atomic E-state index is 12.5. The first-order chi connectivity index (χ1) is 16.3. The van der Waals surface area contributed by atoms with Gasteiger partial charge < -0.3 is 20.8 Å². The molecule has 0 saturated heterocycles. The van der Waals surface area contributed by atoms with Crippen LogP contribution in [0.5, 0.6) is 11.5 Å². The van der Waals surface area contributed by atoms with Crippen LogP contribution < -0.4 is 10.6 Å². The topological polar surface area (TPSA) is 98.7 Å². The highest BCUT2D eigenvalue weighted by Gasteiger charge is 2.13. The lowest BCUT2D eigenvalue weighted by Crippen LogP contribution is -2.12. The van der Waals surface area contributed by atoms with Gasteiger partial charge in [-0.15, -0.1) is 0 Å². The van der Waals surface area contributed by atoms with Crippen molar-refractivity contribution in [1.82, 2.24) is 0 Å². The second-order valence-corrected chi connectivity index (χ2v) is 8.11. The van der Waals surface area contributed by atoms with E-state index in [0.717, 1.165) is 11.1 Å². The van der Waals surface area contributed by atoms with Crippen molar-refractivity contribution in [1.29, 1.82) is 0 Å². The molecular weight excluding hydrogens is 428 g/mol. The smallest absolute Gasteiger partial charge is 0.255 e. The second kappa shape index (κ2) is 9.50. The van der Waals surface area contributed by atoms with Crippen molar-refractivity contribution in [3.63, 3.8) is 0 Å². The summed E-state index contributed by atoms with van der Waals surface area (Å²) in [5.74, 6) is -0.846. The first-order valence-corrected chi connectivity index (χ1v) is 10.7. The molecule has 0 spiro atoms. The lowest BCUT2D eigenvalue weighted by atomic mass is 10.0. The number of rotatable bonds is 5. The highest BCUT2D eigenvalue weighted by atomic mass is 16.3. The maximum absolute atomic E-state index is 12.5. The number of carbonyl (C=O) groups excluding carboxylic acids is 2. The van der Waals surface area contributed by atoms with Gasteiger partial charge in [-0.05, 0) is 73.5 Å². The van der Waals surface area contributed by atoms with E-state index in [2.05, 4.69) is 10.6 Å². The Bertz CT molecular complexity index is 1290. The number of carbonyl (C=O) groups is 2. The SMILES string of the molecule is Cc1cccc(C(=O)Nc2ccc(-c3ccc(NC(=O)c4cccc(C)c4)c(O)c3)cc2O)c1. The number of benzene rings is 4. The summed E-state index contributed by atoms with van der Waals surface area (Å²) in [5.41, 5.74) is 4.75. The number of aryl methyl sites for hydroxylation is 2. The van der Waals surface area contributed by atoms with Gasteiger partial charge in [0.1, 0.15) is 11.5 Å². The predicted octanol–water partition coefficient (Wildman–Crippen LogP) is 5.89. The molecule has 0 aromatic heterocycles. The van der Waals surface area contributed by atoms with Crippen molar-refractivity contribution >= 4 is 23.2 Å². The minimum Gasteiger partial charge on any atom is -0.506 e. The predicted molar refractivity (Wildman–Crippen MR) is 133 cm³/mol. The molecule has 0 unspecified atom stereocenters. The second-order valence-electron chi connectivity index (χ2n) is 8.11. The van der Waals surface area contributed by atoms with Gasteiger partial charge in [0.2, 0.25) is 0 Å². The largest absolute Gasteiger partial charge is 0.506 e. The molecule has 0 aliphatic heterocycles. The van der Waals surface area contributed by atoms with Crippen LogP contribution in [0.25, 0.3) is 11.1 Å². The number of aromatic hydroxyl groups is 2. The number of amides is 2. The monoisotopic (exact) mass is 452 g/mol. The summed E-state index contributed by atoms with van der Waals surface area (Å²) in [6.45, 7) is 3.80. The molecule has 0 atom stereocenters. The maximum Gasteiger partial charge on any atom is 0.255 e. The zero-order valence-electron chi connectivity index (χ0n) is 18.8. The summed E-state index contributed by atoms with van der Waals surface area (Å²) < 4.78 is 0. The van der Waals surface area contributed by atoms with Crippen LogP contribution in [0.2, 0.25) is 0 Å². The minimum absolute atomic E-state index is 0.102. The molecule has 0 saturated carbocycles. The first-order valence-electron chi connectivity index (χ1n) is 10.7. The number of nitrogens with one attached hydrogen (secondary N) is 2. The van der Waals surface area contributed by atoms with Gasteiger partial charge in [0.25, 0.3) is 11.8 Å². The van der Waals surface area contributed by atoms with E-state index in [0.29, 0.717) is 22.3 Å². The molecule has 0 heterocycles. The van der Waals surface area contributed by atoms with E-state index in [-0.39, 0.29) is 34.7 Å². The third kappa shape index (κ3) is 5.07. The molecule has 170 valence electrons. The van der Waals surface area contributed by atoms with Crippen molar-refractivity contribution in [3.05, 3.63) is 107 Å². The Kier molecular flexibility index (Phi) is 6.32. The van der Waals surface area contributed by atoms with Gasteiger partial charge in [-0.25, -0.2) is 0 Å². The van der Waals surface area contributed by atoms with Crippen LogP contribution in [0, 0.1) is 13.8 Å². The number of phenols is 2. The molecule has 0 radical (unpaired) electrons. The third-order valence-corrected chi connectivity index (χ3v) is 5.39. The van der Waals surface area contributed by atoms with Crippen molar-refractivity contribution in [2.24, 2.45) is 0 Å². The molecule has 4 aromatic rings. The summed E-state index contributed by atoms with van der Waals surface area (Å²) >= 11 is 0. The Morgan fingerprint density at radius 1 is 0.588 bits per heavy atom. The lowest BCUT2D eigenvalue weighted by molar-refractivity contribution is 0.101. The normalized spacial score (nSPS) is 10.5. The molecule has 6 nitrogen and oxygen atoms in total. The van der Waals surface area contributed by atoms with E-state index in [1.54, 1.807) is 60.7 Å². The molecule has 34 heavy (non-hydrogen) atoms. The zero-order valence-corrected chi connectivity index (χ0v) is 18.8. The van der Waals surface area contributed by atoms with Gasteiger partial charge in [0, 0.05) is 11.1 Å². The van der Waals surface area contributed by atoms with Crippen LogP contribution in [0.15, 0.2) is 84.9 Å². The summed E-state index contributed by atoms with van der Waals surface area (Å²) in [6, 6.07) is 24.0. The van der Waals surface area contributed by atoms with Crippen LogP contribution >= 0.6 is 0 Å². The van der Waals surface area contributed by atoms with Crippen LogP contribution in [0.1, 0.15) is 31.8 Å². The third-order valence-electron chi connectivity index (χ3n) is 5.39. The fourth-order valence-corrected chi connectivity index (χ4v) is 3.60. The van der Waals surface area contributed by atoms with Crippen LogP contribution in [-0.2, 0) is 0 Å². The first kappa shape index (κ1) is 22.6. The quantitative estimate of drug-likeness (QED) is 0.284. The van der Waals surface area contributed by atoms with E-state index in [1.165, 1.54) is 12.1 Å². The fourth-order valence-electron chi connectivity index (χ4n) is 3.60. The molecule has 0 aliphatic carbocycles. The Labute approximate surface area is 197 Å². The Morgan fingerprint density at radius 2 is 1.00 bits per heavy atom. The molecule has 6 heteroatoms. The van der Waals surface area contributed by atoms with Crippen LogP contribution in [0.4, 0.5) is 11.4 Å². The average molecular weight is 453 g/mol. The number of phenolic OH excluding ortho intramolecular Hbond substituents is 2. The number of anilines is 2. The highest BCUT2D eigenvalue weighted by molar-refractivity contribution is 6.06. The van der Waals surface area contributed by atoms with Gasteiger partial charge in [-0.1, -0.05) is 47.5 Å². The minimum atomic E-state index is -0.321. The molecule has 4 N–H and O–H groups in total. The highest BCUT2D eigenvalue weighted by Crippen LogP contribution is 2.34. The van der Waals surface area contributed by atoms with Crippen LogP contribution in [0.3, 0.4) is 0 Å². The molecule has 0 fully saturated rings.